The summed E-state index contributed by atoms with van der Waals surface area (Å²) in [7, 11) is 0. The Labute approximate surface area is 216 Å². The Bertz CT molecular complexity index is 1170. The number of non-ortho nitro benzene ring substituents is 1. The molecule has 0 aromatic heterocycles. The third kappa shape index (κ3) is 7.68. The highest BCUT2D eigenvalue weighted by atomic mass is 32.2. The van der Waals surface area contributed by atoms with Gasteiger partial charge in [-0.05, 0) is 36.1 Å². The fourth-order valence-corrected chi connectivity index (χ4v) is 4.74. The number of carbonyl (C=O) groups excluding carboxylic acids is 2. The van der Waals surface area contributed by atoms with Crippen molar-refractivity contribution < 1.29 is 14.5 Å². The summed E-state index contributed by atoms with van der Waals surface area (Å²) in [5.41, 5.74) is 3.97. The monoisotopic (exact) mass is 505 g/mol. The van der Waals surface area contributed by atoms with Crippen molar-refractivity contribution in [2.75, 3.05) is 12.3 Å². The average Bonchev–Trinajstić information content (AvgIpc) is 2.88. The van der Waals surface area contributed by atoms with Crippen molar-refractivity contribution >= 4 is 29.3 Å². The van der Waals surface area contributed by atoms with Crippen molar-refractivity contribution in [1.29, 1.82) is 0 Å². The third-order valence-electron chi connectivity index (χ3n) is 5.87. The van der Waals surface area contributed by atoms with Gasteiger partial charge in [0.05, 0.1) is 10.7 Å². The lowest BCUT2D eigenvalue weighted by Gasteiger charge is -2.32. The van der Waals surface area contributed by atoms with Crippen molar-refractivity contribution in [3.63, 3.8) is 0 Å². The van der Waals surface area contributed by atoms with Gasteiger partial charge in [-0.15, -0.1) is 11.8 Å². The number of thioether (sulfide) groups is 1. The predicted molar refractivity (Wildman–Crippen MR) is 144 cm³/mol. The number of nitro groups is 1. The molecule has 0 heterocycles. The van der Waals surface area contributed by atoms with E-state index < -0.39 is 11.0 Å². The van der Waals surface area contributed by atoms with Crippen LogP contribution in [0.3, 0.4) is 0 Å². The zero-order chi connectivity index (χ0) is 25.9. The molecular weight excluding hydrogens is 474 g/mol. The third-order valence-corrected chi connectivity index (χ3v) is 6.85. The van der Waals surface area contributed by atoms with Crippen LogP contribution in [0.4, 0.5) is 5.69 Å². The van der Waals surface area contributed by atoms with E-state index in [1.54, 1.807) is 17.0 Å². The molecular formula is C28H31N3O4S. The molecule has 188 valence electrons. The maximum atomic E-state index is 13.6. The van der Waals surface area contributed by atoms with Gasteiger partial charge in [0.25, 0.3) is 5.69 Å². The first-order valence-corrected chi connectivity index (χ1v) is 13.0. The average molecular weight is 506 g/mol. The second-order valence-electron chi connectivity index (χ2n) is 8.46. The van der Waals surface area contributed by atoms with Crippen LogP contribution < -0.4 is 5.32 Å². The molecule has 0 aliphatic carbocycles. The molecule has 0 aliphatic rings. The predicted octanol–water partition coefficient (Wildman–Crippen LogP) is 4.91. The quantitative estimate of drug-likeness (QED) is 0.279. The lowest BCUT2D eigenvalue weighted by molar-refractivity contribution is -0.384. The molecule has 7 nitrogen and oxygen atoms in total. The van der Waals surface area contributed by atoms with Crippen molar-refractivity contribution in [1.82, 2.24) is 10.2 Å². The number of nitro benzene ring substituents is 1. The fourth-order valence-electron chi connectivity index (χ4n) is 3.87. The highest BCUT2D eigenvalue weighted by Crippen LogP contribution is 2.21. The molecule has 0 saturated heterocycles. The Hall–Kier alpha value is -3.65. The SMILES string of the molecule is CCNC(=O)[C@H](Cc1ccccc1)N(Cc1ccccc1C)C(=O)CSCc1ccc([N+](=O)[O-])cc1. The van der Waals surface area contributed by atoms with Gasteiger partial charge < -0.3 is 10.2 Å². The molecule has 0 spiro atoms. The van der Waals surface area contributed by atoms with Crippen LogP contribution in [0.5, 0.6) is 0 Å². The number of hydrogen-bond acceptors (Lipinski definition) is 5. The number of benzene rings is 3. The van der Waals surface area contributed by atoms with E-state index in [0.717, 1.165) is 22.3 Å². The molecule has 0 radical (unpaired) electrons. The molecule has 36 heavy (non-hydrogen) atoms. The van der Waals surface area contributed by atoms with Gasteiger partial charge >= 0.3 is 0 Å². The van der Waals surface area contributed by atoms with Gasteiger partial charge in [-0.2, -0.15) is 0 Å². The minimum absolute atomic E-state index is 0.0370. The van der Waals surface area contributed by atoms with Crippen LogP contribution in [0.2, 0.25) is 0 Å². The van der Waals surface area contributed by atoms with Gasteiger partial charge in [0.2, 0.25) is 11.8 Å². The first-order valence-electron chi connectivity index (χ1n) is 11.9. The summed E-state index contributed by atoms with van der Waals surface area (Å²) in [4.78, 5) is 38.9. The Kier molecular flexibility index (Phi) is 10.1. The van der Waals surface area contributed by atoms with Gasteiger partial charge in [-0.1, -0.05) is 66.7 Å². The van der Waals surface area contributed by atoms with Crippen LogP contribution in [-0.4, -0.2) is 40.0 Å². The first-order chi connectivity index (χ1) is 17.4. The minimum atomic E-state index is -0.653. The van der Waals surface area contributed by atoms with E-state index >= 15 is 0 Å². The van der Waals surface area contributed by atoms with Crippen LogP contribution in [0, 0.1) is 17.0 Å². The van der Waals surface area contributed by atoms with Gasteiger partial charge in [0.1, 0.15) is 6.04 Å². The van der Waals surface area contributed by atoms with Crippen molar-refractivity contribution in [3.05, 3.63) is 111 Å². The zero-order valence-corrected chi connectivity index (χ0v) is 21.4. The molecule has 0 bridgehead atoms. The summed E-state index contributed by atoms with van der Waals surface area (Å²) in [6, 6.07) is 23.3. The molecule has 3 rings (SSSR count). The highest BCUT2D eigenvalue weighted by Gasteiger charge is 2.30. The van der Waals surface area contributed by atoms with Crippen LogP contribution in [-0.2, 0) is 28.3 Å². The lowest BCUT2D eigenvalue weighted by Crippen LogP contribution is -2.51. The maximum Gasteiger partial charge on any atom is 0.269 e. The largest absolute Gasteiger partial charge is 0.355 e. The van der Waals surface area contributed by atoms with Crippen LogP contribution in [0.15, 0.2) is 78.9 Å². The Balaban J connectivity index is 1.80. The van der Waals surface area contributed by atoms with Crippen molar-refractivity contribution in [3.8, 4) is 0 Å². The summed E-state index contributed by atoms with van der Waals surface area (Å²) in [6.45, 7) is 4.67. The first kappa shape index (κ1) is 26.9. The van der Waals surface area contributed by atoms with E-state index in [9.17, 15) is 19.7 Å². The van der Waals surface area contributed by atoms with E-state index in [1.807, 2.05) is 68.4 Å². The van der Waals surface area contributed by atoms with E-state index in [-0.39, 0.29) is 23.3 Å². The number of likely N-dealkylation sites (N-methyl/N-ethyl adjacent to an activating group) is 1. The molecule has 2 amide bonds. The number of nitrogens with zero attached hydrogens (tertiary/aromatic N) is 2. The van der Waals surface area contributed by atoms with Gasteiger partial charge in [-0.3, -0.25) is 19.7 Å². The van der Waals surface area contributed by atoms with Gasteiger partial charge in [0, 0.05) is 37.4 Å². The van der Waals surface area contributed by atoms with Crippen LogP contribution in [0.25, 0.3) is 0 Å². The van der Waals surface area contributed by atoms with E-state index in [0.29, 0.717) is 25.3 Å². The zero-order valence-electron chi connectivity index (χ0n) is 20.6. The molecule has 3 aromatic carbocycles. The molecule has 0 aliphatic heterocycles. The molecule has 8 heteroatoms. The standard InChI is InChI=1S/C28H31N3O4S/c1-3-29-28(33)26(17-22-10-5-4-6-11-22)30(18-24-12-8-7-9-21(24)2)27(32)20-36-19-23-13-15-25(16-14-23)31(34)35/h4-16,26H,3,17-20H2,1-2H3,(H,29,33)/t26-/m0/s1. The van der Waals surface area contributed by atoms with Gasteiger partial charge in [-0.25, -0.2) is 0 Å². The number of amides is 2. The van der Waals surface area contributed by atoms with Crippen molar-refractivity contribution in [2.45, 2.75) is 38.6 Å². The van der Waals surface area contributed by atoms with E-state index in [4.69, 9.17) is 0 Å². The normalized spacial score (nSPS) is 11.5. The van der Waals surface area contributed by atoms with E-state index in [1.165, 1.54) is 23.9 Å². The van der Waals surface area contributed by atoms with Crippen LogP contribution >= 0.6 is 11.8 Å². The summed E-state index contributed by atoms with van der Waals surface area (Å²) < 4.78 is 0. The molecule has 0 unspecified atom stereocenters. The summed E-state index contributed by atoms with van der Waals surface area (Å²) in [5.74, 6) is 0.418. The molecule has 0 fully saturated rings. The Morgan fingerprint density at radius 3 is 2.28 bits per heavy atom. The number of rotatable bonds is 12. The summed E-state index contributed by atoms with van der Waals surface area (Å²) in [6.07, 6.45) is 0.414. The second kappa shape index (κ2) is 13.4. The Morgan fingerprint density at radius 1 is 0.972 bits per heavy atom. The number of aryl methyl sites for hydroxylation is 1. The summed E-state index contributed by atoms with van der Waals surface area (Å²) in [5, 5.41) is 13.8. The van der Waals surface area contributed by atoms with E-state index in [2.05, 4.69) is 5.32 Å². The smallest absolute Gasteiger partial charge is 0.269 e. The molecule has 1 atom stereocenters. The van der Waals surface area contributed by atoms with Gasteiger partial charge in [0.15, 0.2) is 0 Å². The molecule has 0 saturated carbocycles. The summed E-state index contributed by atoms with van der Waals surface area (Å²) >= 11 is 1.43. The Morgan fingerprint density at radius 2 is 1.64 bits per heavy atom. The van der Waals surface area contributed by atoms with Crippen LogP contribution in [0.1, 0.15) is 29.2 Å². The number of hydrogen-bond donors (Lipinski definition) is 1. The topological polar surface area (TPSA) is 92.6 Å². The second-order valence-corrected chi connectivity index (χ2v) is 9.45. The highest BCUT2D eigenvalue weighted by molar-refractivity contribution is 7.99. The lowest BCUT2D eigenvalue weighted by atomic mass is 10.0. The maximum absolute atomic E-state index is 13.6. The molecule has 1 N–H and O–H groups in total. The minimum Gasteiger partial charge on any atom is -0.355 e. The van der Waals surface area contributed by atoms with Crippen molar-refractivity contribution in [2.24, 2.45) is 0 Å². The number of nitrogens with one attached hydrogen (secondary N) is 1. The number of carbonyl (C=O) groups is 2. The molecule has 3 aromatic rings. The fraction of sp³-hybridized carbons (Fsp3) is 0.286.